The number of rotatable bonds is 6. The number of likely N-dealkylation sites (N-methyl/N-ethyl adjacent to an activating group) is 1. The van der Waals surface area contributed by atoms with E-state index >= 15 is 0 Å². The lowest BCUT2D eigenvalue weighted by molar-refractivity contribution is 0.141. The normalized spacial score (nSPS) is 12.0. The summed E-state index contributed by atoms with van der Waals surface area (Å²) in [5.41, 5.74) is 0.174. The van der Waals surface area contributed by atoms with Gasteiger partial charge in [0.25, 0.3) is 0 Å². The van der Waals surface area contributed by atoms with Crippen LogP contribution >= 0.6 is 11.3 Å². The van der Waals surface area contributed by atoms with Gasteiger partial charge in [-0.25, -0.2) is 13.6 Å². The van der Waals surface area contributed by atoms with E-state index in [0.717, 1.165) is 17.4 Å². The van der Waals surface area contributed by atoms with Gasteiger partial charge in [0.2, 0.25) is 5.13 Å². The number of nitrogens with one attached hydrogen (secondary N) is 1. The zero-order chi connectivity index (χ0) is 17.7. The van der Waals surface area contributed by atoms with Gasteiger partial charge in [-0.2, -0.15) is 0 Å². The number of hydrogen-bond donors (Lipinski definition) is 2. The number of halogens is 2. The summed E-state index contributed by atoms with van der Waals surface area (Å²) in [5.74, 6) is -1.82. The molecule has 0 aliphatic rings. The molecule has 24 heavy (non-hydrogen) atoms. The van der Waals surface area contributed by atoms with Crippen LogP contribution in [-0.2, 0) is 6.42 Å². The van der Waals surface area contributed by atoms with Gasteiger partial charge < -0.3 is 10.0 Å². The maximum Gasteiger partial charge on any atom is 0.323 e. The van der Waals surface area contributed by atoms with Gasteiger partial charge in [-0.05, 0) is 25.5 Å². The Hall–Kier alpha value is -2.13. The zero-order valence-corrected chi connectivity index (χ0v) is 14.1. The molecule has 0 fully saturated rings. The predicted molar refractivity (Wildman–Crippen MR) is 87.0 cm³/mol. The monoisotopic (exact) mass is 356 g/mol. The molecular weight excluding hydrogens is 338 g/mol. The van der Waals surface area contributed by atoms with Crippen LogP contribution in [0.4, 0.5) is 18.7 Å². The van der Waals surface area contributed by atoms with Crippen molar-refractivity contribution in [1.82, 2.24) is 15.1 Å². The number of aliphatic hydroxyl groups excluding tert-OH is 1. The summed E-state index contributed by atoms with van der Waals surface area (Å²) in [6.07, 6.45) is -0.556. The van der Waals surface area contributed by atoms with Crippen LogP contribution in [-0.4, -0.2) is 45.4 Å². The molecule has 2 amide bonds. The molecule has 0 aliphatic heterocycles. The van der Waals surface area contributed by atoms with Crippen molar-refractivity contribution in [2.24, 2.45) is 0 Å². The first-order valence-corrected chi connectivity index (χ1v) is 8.21. The molecule has 0 aliphatic carbocycles. The second-order valence-corrected chi connectivity index (χ2v) is 6.27. The molecule has 0 bridgehead atoms. The molecule has 9 heteroatoms. The third kappa shape index (κ3) is 4.68. The van der Waals surface area contributed by atoms with E-state index in [2.05, 4.69) is 15.5 Å². The van der Waals surface area contributed by atoms with E-state index in [4.69, 9.17) is 0 Å². The first-order valence-electron chi connectivity index (χ1n) is 7.40. The van der Waals surface area contributed by atoms with Crippen molar-refractivity contribution in [3.63, 3.8) is 0 Å². The highest BCUT2D eigenvalue weighted by Gasteiger charge is 2.17. The van der Waals surface area contributed by atoms with E-state index in [1.165, 1.54) is 17.0 Å². The number of anilines is 1. The number of aliphatic hydroxyl groups is 1. The van der Waals surface area contributed by atoms with E-state index < -0.39 is 23.8 Å². The molecule has 0 radical (unpaired) electrons. The van der Waals surface area contributed by atoms with E-state index in [9.17, 15) is 18.7 Å². The molecule has 6 nitrogen and oxygen atoms in total. The van der Waals surface area contributed by atoms with Gasteiger partial charge in [0.1, 0.15) is 5.01 Å². The Bertz CT molecular complexity index is 709. The Morgan fingerprint density at radius 1 is 1.42 bits per heavy atom. The van der Waals surface area contributed by atoms with Gasteiger partial charge in [0.15, 0.2) is 11.6 Å². The summed E-state index contributed by atoms with van der Waals surface area (Å²) < 4.78 is 26.9. The average Bonchev–Trinajstić information content (AvgIpc) is 2.96. The van der Waals surface area contributed by atoms with Crippen molar-refractivity contribution in [1.29, 1.82) is 0 Å². The summed E-state index contributed by atoms with van der Waals surface area (Å²) in [4.78, 5) is 13.5. The smallest absolute Gasteiger partial charge is 0.323 e. The number of carbonyl (C=O) groups is 1. The Morgan fingerprint density at radius 3 is 2.83 bits per heavy atom. The fourth-order valence-corrected chi connectivity index (χ4v) is 2.82. The van der Waals surface area contributed by atoms with Crippen molar-refractivity contribution in [2.75, 3.05) is 18.4 Å². The van der Waals surface area contributed by atoms with E-state index in [-0.39, 0.29) is 23.7 Å². The highest BCUT2D eigenvalue weighted by atomic mass is 32.1. The lowest BCUT2D eigenvalue weighted by Gasteiger charge is -2.21. The van der Waals surface area contributed by atoms with Crippen LogP contribution in [0.1, 0.15) is 24.4 Å². The van der Waals surface area contributed by atoms with Crippen LogP contribution in [0.15, 0.2) is 18.2 Å². The number of carbonyl (C=O) groups excluding carboxylic acids is 1. The first-order chi connectivity index (χ1) is 11.4. The lowest BCUT2D eigenvalue weighted by Crippen LogP contribution is -2.39. The molecule has 1 atom stereocenters. The van der Waals surface area contributed by atoms with Crippen molar-refractivity contribution in [3.05, 3.63) is 40.4 Å². The quantitative estimate of drug-likeness (QED) is 0.834. The molecule has 0 saturated heterocycles. The topological polar surface area (TPSA) is 78.4 Å². The maximum atomic E-state index is 13.7. The summed E-state index contributed by atoms with van der Waals surface area (Å²) in [7, 11) is 0. The Labute approximate surface area is 142 Å². The molecule has 2 rings (SSSR count). The van der Waals surface area contributed by atoms with Crippen LogP contribution in [0, 0.1) is 11.6 Å². The van der Waals surface area contributed by atoms with Crippen molar-refractivity contribution >= 4 is 22.5 Å². The standard InChI is InChI=1S/C15H18F2N4O2S/c1-3-21(8-9(2)22)15(23)18-14-20-19-12(24-14)7-10-5-4-6-11(16)13(10)17/h4-6,9,22H,3,7-8H2,1-2H3,(H,18,20,23)/t9-/m0/s1. The number of urea groups is 1. The van der Waals surface area contributed by atoms with Gasteiger partial charge in [-0.15, -0.1) is 10.2 Å². The minimum Gasteiger partial charge on any atom is -0.392 e. The fourth-order valence-electron chi connectivity index (χ4n) is 2.07. The van der Waals surface area contributed by atoms with Crippen LogP contribution in [0.25, 0.3) is 0 Å². The number of amides is 2. The van der Waals surface area contributed by atoms with Gasteiger partial charge in [-0.3, -0.25) is 5.32 Å². The summed E-state index contributed by atoms with van der Waals surface area (Å²) in [6.45, 7) is 4.01. The van der Waals surface area contributed by atoms with Crippen LogP contribution < -0.4 is 5.32 Å². The Morgan fingerprint density at radius 2 is 2.17 bits per heavy atom. The van der Waals surface area contributed by atoms with Gasteiger partial charge >= 0.3 is 6.03 Å². The van der Waals surface area contributed by atoms with Gasteiger partial charge in [0, 0.05) is 19.5 Å². The summed E-state index contributed by atoms with van der Waals surface area (Å²) >= 11 is 1.08. The number of nitrogens with zero attached hydrogens (tertiary/aromatic N) is 3. The third-order valence-electron chi connectivity index (χ3n) is 3.21. The molecule has 0 unspecified atom stereocenters. The molecule has 1 heterocycles. The van der Waals surface area contributed by atoms with Crippen molar-refractivity contribution in [3.8, 4) is 0 Å². The van der Waals surface area contributed by atoms with Crippen LogP contribution in [0.2, 0.25) is 0 Å². The Kier molecular flexibility index (Phi) is 6.16. The van der Waals surface area contributed by atoms with Gasteiger partial charge in [-0.1, -0.05) is 23.5 Å². The fraction of sp³-hybridized carbons (Fsp3) is 0.400. The van der Waals surface area contributed by atoms with Crippen LogP contribution in [0.3, 0.4) is 0 Å². The van der Waals surface area contributed by atoms with Crippen molar-refractivity contribution in [2.45, 2.75) is 26.4 Å². The highest BCUT2D eigenvalue weighted by Crippen LogP contribution is 2.21. The predicted octanol–water partition coefficient (Wildman–Crippen LogP) is 2.64. The molecular formula is C15H18F2N4O2S. The SMILES string of the molecule is CCN(C[C@H](C)O)C(=O)Nc1nnc(Cc2cccc(F)c2F)s1. The molecule has 2 N–H and O–H groups in total. The molecule has 130 valence electrons. The number of hydrogen-bond acceptors (Lipinski definition) is 5. The maximum absolute atomic E-state index is 13.7. The van der Waals surface area contributed by atoms with E-state index in [0.29, 0.717) is 11.6 Å². The van der Waals surface area contributed by atoms with Gasteiger partial charge in [0.05, 0.1) is 6.10 Å². The van der Waals surface area contributed by atoms with E-state index in [1.54, 1.807) is 13.8 Å². The molecule has 1 aromatic carbocycles. The highest BCUT2D eigenvalue weighted by molar-refractivity contribution is 7.15. The Balaban J connectivity index is 2.02. The summed E-state index contributed by atoms with van der Waals surface area (Å²) in [5, 5.41) is 20.4. The number of aromatic nitrogens is 2. The van der Waals surface area contributed by atoms with Crippen LogP contribution in [0.5, 0.6) is 0 Å². The lowest BCUT2D eigenvalue weighted by atomic mass is 10.1. The molecule has 2 aromatic rings. The minimum atomic E-state index is -0.915. The minimum absolute atomic E-state index is 0.0856. The molecule has 0 spiro atoms. The second-order valence-electron chi connectivity index (χ2n) is 5.21. The molecule has 0 saturated carbocycles. The average molecular weight is 356 g/mol. The molecule has 1 aromatic heterocycles. The van der Waals surface area contributed by atoms with Crippen molar-refractivity contribution < 1.29 is 18.7 Å². The second kappa shape index (κ2) is 8.11. The zero-order valence-electron chi connectivity index (χ0n) is 13.3. The van der Waals surface area contributed by atoms with E-state index in [1.807, 2.05) is 0 Å². The number of benzene rings is 1. The largest absolute Gasteiger partial charge is 0.392 e. The first kappa shape index (κ1) is 18.2. The third-order valence-corrected chi connectivity index (χ3v) is 4.05. The summed E-state index contributed by atoms with van der Waals surface area (Å²) in [6, 6.07) is 3.54.